The number of likely N-dealkylation sites (tertiary alicyclic amines) is 1. The zero-order valence-electron chi connectivity index (χ0n) is 16.8. The van der Waals surface area contributed by atoms with E-state index in [1.54, 1.807) is 0 Å². The van der Waals surface area contributed by atoms with E-state index in [9.17, 15) is 4.79 Å². The Morgan fingerprint density at radius 3 is 2.68 bits per heavy atom. The van der Waals surface area contributed by atoms with Crippen LogP contribution >= 0.6 is 0 Å². The average molecular weight is 383 g/mol. The number of imidazole rings is 1. The van der Waals surface area contributed by atoms with Gasteiger partial charge in [0.1, 0.15) is 5.82 Å². The van der Waals surface area contributed by atoms with Crippen molar-refractivity contribution in [2.45, 2.75) is 51.4 Å². The SMILES string of the molecule is C[C@@H]1CN(C(=O)CN2CCCC[C@H]2c2ncc(-c3ccccc3)[nH]2)C[C@H](C)O1. The zero-order valence-corrected chi connectivity index (χ0v) is 16.8. The van der Waals surface area contributed by atoms with Crippen molar-refractivity contribution in [3.8, 4) is 11.3 Å². The smallest absolute Gasteiger partial charge is 0.236 e. The fourth-order valence-electron chi connectivity index (χ4n) is 4.42. The number of amides is 1. The van der Waals surface area contributed by atoms with Gasteiger partial charge in [-0.25, -0.2) is 4.98 Å². The number of hydrogen-bond donors (Lipinski definition) is 1. The van der Waals surface area contributed by atoms with Crippen molar-refractivity contribution in [2.75, 3.05) is 26.2 Å². The van der Waals surface area contributed by atoms with Crippen LogP contribution in [0.2, 0.25) is 0 Å². The second-order valence-corrected chi connectivity index (χ2v) is 8.09. The van der Waals surface area contributed by atoms with Crippen LogP contribution in [0.1, 0.15) is 45.0 Å². The first kappa shape index (κ1) is 19.2. The van der Waals surface area contributed by atoms with E-state index in [2.05, 4.69) is 27.0 Å². The van der Waals surface area contributed by atoms with Crippen LogP contribution in [0.5, 0.6) is 0 Å². The van der Waals surface area contributed by atoms with Gasteiger partial charge in [0, 0.05) is 13.1 Å². The van der Waals surface area contributed by atoms with Crippen molar-refractivity contribution >= 4 is 5.91 Å². The molecule has 6 heteroatoms. The number of hydrogen-bond acceptors (Lipinski definition) is 4. The Morgan fingerprint density at radius 1 is 1.18 bits per heavy atom. The van der Waals surface area contributed by atoms with Crippen LogP contribution in [0.15, 0.2) is 36.5 Å². The minimum atomic E-state index is 0.100. The number of carbonyl (C=O) groups excluding carboxylic acids is 1. The van der Waals surface area contributed by atoms with Crippen LogP contribution in [-0.2, 0) is 9.53 Å². The van der Waals surface area contributed by atoms with E-state index >= 15 is 0 Å². The van der Waals surface area contributed by atoms with Gasteiger partial charge in [-0.2, -0.15) is 0 Å². The summed E-state index contributed by atoms with van der Waals surface area (Å²) in [5, 5.41) is 0. The summed E-state index contributed by atoms with van der Waals surface area (Å²) in [7, 11) is 0. The zero-order chi connectivity index (χ0) is 19.5. The third-order valence-corrected chi connectivity index (χ3v) is 5.72. The Kier molecular flexibility index (Phi) is 5.78. The lowest BCUT2D eigenvalue weighted by Crippen LogP contribution is -2.51. The van der Waals surface area contributed by atoms with Crippen molar-refractivity contribution < 1.29 is 9.53 Å². The van der Waals surface area contributed by atoms with E-state index in [1.807, 2.05) is 43.1 Å². The molecule has 2 saturated heterocycles. The molecule has 1 aromatic heterocycles. The first-order chi connectivity index (χ1) is 13.6. The molecule has 1 N–H and O–H groups in total. The lowest BCUT2D eigenvalue weighted by molar-refractivity contribution is -0.145. The molecule has 3 atom stereocenters. The van der Waals surface area contributed by atoms with Gasteiger partial charge in [0.25, 0.3) is 0 Å². The summed E-state index contributed by atoms with van der Waals surface area (Å²) in [5.74, 6) is 1.17. The van der Waals surface area contributed by atoms with Crippen molar-refractivity contribution in [1.29, 1.82) is 0 Å². The lowest BCUT2D eigenvalue weighted by atomic mass is 10.0. The molecule has 1 amide bonds. The first-order valence-electron chi connectivity index (χ1n) is 10.4. The minimum Gasteiger partial charge on any atom is -0.372 e. The maximum atomic E-state index is 13.0. The van der Waals surface area contributed by atoms with Crippen LogP contribution in [0.3, 0.4) is 0 Å². The second-order valence-electron chi connectivity index (χ2n) is 8.09. The Hall–Kier alpha value is -2.18. The average Bonchev–Trinajstić information content (AvgIpc) is 3.18. The predicted molar refractivity (Wildman–Crippen MR) is 109 cm³/mol. The number of nitrogens with one attached hydrogen (secondary N) is 1. The Bertz CT molecular complexity index is 781. The van der Waals surface area contributed by atoms with Crippen molar-refractivity contribution in [1.82, 2.24) is 19.8 Å². The Morgan fingerprint density at radius 2 is 1.93 bits per heavy atom. The number of aromatic nitrogens is 2. The number of piperidine rings is 1. The quantitative estimate of drug-likeness (QED) is 0.882. The number of nitrogens with zero attached hydrogens (tertiary/aromatic N) is 3. The van der Waals surface area contributed by atoms with Gasteiger partial charge in [-0.1, -0.05) is 36.8 Å². The highest BCUT2D eigenvalue weighted by atomic mass is 16.5. The van der Waals surface area contributed by atoms with Gasteiger partial charge < -0.3 is 14.6 Å². The molecule has 2 aromatic rings. The molecule has 2 fully saturated rings. The van der Waals surface area contributed by atoms with Crippen molar-refractivity contribution in [2.24, 2.45) is 0 Å². The van der Waals surface area contributed by atoms with Gasteiger partial charge in [0.15, 0.2) is 0 Å². The molecule has 28 heavy (non-hydrogen) atoms. The summed E-state index contributed by atoms with van der Waals surface area (Å²) >= 11 is 0. The van der Waals surface area contributed by atoms with Crippen molar-refractivity contribution in [3.05, 3.63) is 42.4 Å². The molecular weight excluding hydrogens is 352 g/mol. The van der Waals surface area contributed by atoms with E-state index in [4.69, 9.17) is 4.74 Å². The van der Waals surface area contributed by atoms with E-state index < -0.39 is 0 Å². The van der Waals surface area contributed by atoms with E-state index in [-0.39, 0.29) is 24.2 Å². The molecule has 2 aliphatic heterocycles. The summed E-state index contributed by atoms with van der Waals surface area (Å²) in [6, 6.07) is 10.4. The van der Waals surface area contributed by atoms with Crippen LogP contribution in [0.4, 0.5) is 0 Å². The highest BCUT2D eigenvalue weighted by Gasteiger charge is 2.31. The maximum Gasteiger partial charge on any atom is 0.236 e. The van der Waals surface area contributed by atoms with Crippen LogP contribution < -0.4 is 0 Å². The molecule has 0 radical (unpaired) electrons. The summed E-state index contributed by atoms with van der Waals surface area (Å²) in [6.45, 7) is 6.82. The molecule has 0 saturated carbocycles. The molecule has 0 unspecified atom stereocenters. The largest absolute Gasteiger partial charge is 0.372 e. The summed E-state index contributed by atoms with van der Waals surface area (Å²) in [6.07, 6.45) is 5.44. The van der Waals surface area contributed by atoms with Crippen LogP contribution in [0, 0.1) is 0 Å². The normalized spacial score (nSPS) is 26.4. The number of rotatable bonds is 4. The van der Waals surface area contributed by atoms with Gasteiger partial charge in [-0.15, -0.1) is 0 Å². The minimum absolute atomic E-state index is 0.100. The maximum absolute atomic E-state index is 13.0. The number of carbonyl (C=O) groups is 1. The van der Waals surface area contributed by atoms with Gasteiger partial charge in [0.05, 0.1) is 36.7 Å². The molecule has 0 spiro atoms. The highest BCUT2D eigenvalue weighted by molar-refractivity contribution is 5.78. The molecule has 6 nitrogen and oxygen atoms in total. The summed E-state index contributed by atoms with van der Waals surface area (Å²) in [4.78, 5) is 25.4. The second kappa shape index (κ2) is 8.45. The first-order valence-corrected chi connectivity index (χ1v) is 10.4. The van der Waals surface area contributed by atoms with E-state index in [0.717, 1.165) is 36.5 Å². The van der Waals surface area contributed by atoms with Gasteiger partial charge in [0.2, 0.25) is 5.91 Å². The highest BCUT2D eigenvalue weighted by Crippen LogP contribution is 2.30. The molecule has 0 aliphatic carbocycles. The fourth-order valence-corrected chi connectivity index (χ4v) is 4.42. The van der Waals surface area contributed by atoms with Crippen LogP contribution in [-0.4, -0.2) is 64.1 Å². The van der Waals surface area contributed by atoms with E-state index in [0.29, 0.717) is 19.6 Å². The number of benzene rings is 1. The van der Waals surface area contributed by atoms with E-state index in [1.165, 1.54) is 6.42 Å². The standard InChI is InChI=1S/C22H30N4O2/c1-16-13-26(14-17(2)28-16)21(27)15-25-11-7-6-10-20(25)22-23-12-19(24-22)18-8-4-3-5-9-18/h3-5,8-9,12,16-17,20H,6-7,10-11,13-15H2,1-2H3,(H,23,24)/t16-,17+,20-/m0/s1. The predicted octanol–water partition coefficient (Wildman–Crippen LogP) is 3.24. The van der Waals surface area contributed by atoms with Gasteiger partial charge >= 0.3 is 0 Å². The fraction of sp³-hybridized carbons (Fsp3) is 0.545. The Labute approximate surface area is 166 Å². The monoisotopic (exact) mass is 382 g/mol. The summed E-state index contributed by atoms with van der Waals surface area (Å²) in [5.41, 5.74) is 2.17. The van der Waals surface area contributed by atoms with Crippen molar-refractivity contribution in [3.63, 3.8) is 0 Å². The lowest BCUT2D eigenvalue weighted by Gasteiger charge is -2.39. The third kappa shape index (κ3) is 4.28. The number of H-pyrrole nitrogens is 1. The van der Waals surface area contributed by atoms with Gasteiger partial charge in [-0.3, -0.25) is 9.69 Å². The number of aromatic amines is 1. The number of morpholine rings is 1. The summed E-state index contributed by atoms with van der Waals surface area (Å²) < 4.78 is 5.77. The molecule has 2 aliphatic rings. The van der Waals surface area contributed by atoms with Crippen LogP contribution in [0.25, 0.3) is 11.3 Å². The third-order valence-electron chi connectivity index (χ3n) is 5.72. The molecular formula is C22H30N4O2. The molecule has 4 rings (SSSR count). The molecule has 1 aromatic carbocycles. The topological polar surface area (TPSA) is 61.5 Å². The van der Waals surface area contributed by atoms with Gasteiger partial charge in [-0.05, 0) is 38.8 Å². The molecule has 0 bridgehead atoms. The molecule has 3 heterocycles. The Balaban J connectivity index is 1.46. The number of ether oxygens (including phenoxy) is 1. The molecule has 150 valence electrons.